The molecule has 0 aliphatic heterocycles. The molecule has 5 nitrogen and oxygen atoms in total. The van der Waals surface area contributed by atoms with Gasteiger partial charge in [0.2, 0.25) is 5.88 Å². The molecule has 0 bridgehead atoms. The zero-order valence-corrected chi connectivity index (χ0v) is 8.92. The van der Waals surface area contributed by atoms with Crippen LogP contribution in [0.5, 0.6) is 5.88 Å². The third-order valence-electron chi connectivity index (χ3n) is 2.20. The molecule has 0 aliphatic carbocycles. The summed E-state index contributed by atoms with van der Waals surface area (Å²) in [6.07, 6.45) is 0. The third kappa shape index (κ3) is 1.56. The highest BCUT2D eigenvalue weighted by molar-refractivity contribution is 7.14. The Bertz CT molecular complexity index is 579. The number of hydrazine groups is 1. The van der Waals surface area contributed by atoms with Crippen molar-refractivity contribution in [1.29, 1.82) is 0 Å². The molecule has 0 saturated carbocycles. The number of hydrogen-bond acceptors (Lipinski definition) is 4. The molecular formula is C9H10N3O2P. The van der Waals surface area contributed by atoms with Gasteiger partial charge in [-0.2, -0.15) is 0 Å². The second-order valence-corrected chi connectivity index (χ2v) is 3.64. The van der Waals surface area contributed by atoms with Crippen LogP contribution in [0.15, 0.2) is 29.1 Å². The first-order chi connectivity index (χ1) is 7.13. The molecule has 0 amide bonds. The van der Waals surface area contributed by atoms with E-state index in [0.29, 0.717) is 16.5 Å². The van der Waals surface area contributed by atoms with E-state index in [9.17, 15) is 9.90 Å². The van der Waals surface area contributed by atoms with Crippen LogP contribution in [0.4, 0.5) is 5.69 Å². The molecule has 2 aromatic rings. The summed E-state index contributed by atoms with van der Waals surface area (Å²) in [6, 6.07) is 6.54. The molecule has 1 aromatic carbocycles. The molecule has 1 heterocycles. The average molecular weight is 223 g/mol. The predicted molar refractivity (Wildman–Crippen MR) is 62.8 cm³/mol. The van der Waals surface area contributed by atoms with Crippen molar-refractivity contribution in [1.82, 2.24) is 4.34 Å². The van der Waals surface area contributed by atoms with Crippen LogP contribution in [0.1, 0.15) is 0 Å². The summed E-state index contributed by atoms with van der Waals surface area (Å²) in [5, 5.41) is 10.9. The summed E-state index contributed by atoms with van der Waals surface area (Å²) in [5.74, 6) is 5.17. The van der Waals surface area contributed by atoms with Crippen LogP contribution in [-0.4, -0.2) is 9.44 Å². The Morgan fingerprint density at radius 1 is 1.40 bits per heavy atom. The fraction of sp³-hybridized carbons (Fsp3) is 0. The van der Waals surface area contributed by atoms with Crippen LogP contribution < -0.4 is 16.8 Å². The summed E-state index contributed by atoms with van der Waals surface area (Å²) < 4.78 is 1.11. The number of pyridine rings is 1. The van der Waals surface area contributed by atoms with Crippen molar-refractivity contribution in [2.75, 3.05) is 5.43 Å². The van der Waals surface area contributed by atoms with E-state index in [-0.39, 0.29) is 11.4 Å². The first-order valence-electron chi connectivity index (χ1n) is 4.24. The minimum absolute atomic E-state index is 0.0777. The summed E-state index contributed by atoms with van der Waals surface area (Å²) >= 11 is 0. The normalized spacial score (nSPS) is 10.5. The molecule has 6 heteroatoms. The fourth-order valence-electron chi connectivity index (χ4n) is 1.41. The average Bonchev–Trinajstić information content (AvgIpc) is 2.25. The number of aromatic nitrogens is 1. The molecule has 4 N–H and O–H groups in total. The summed E-state index contributed by atoms with van der Waals surface area (Å²) in [5.41, 5.74) is 2.87. The van der Waals surface area contributed by atoms with E-state index in [4.69, 9.17) is 5.84 Å². The first-order valence-corrected chi connectivity index (χ1v) is 4.75. The van der Waals surface area contributed by atoms with E-state index in [1.54, 1.807) is 18.2 Å². The van der Waals surface area contributed by atoms with Gasteiger partial charge in [0.05, 0.1) is 0 Å². The summed E-state index contributed by atoms with van der Waals surface area (Å²) in [7, 11) is 2.16. The van der Waals surface area contributed by atoms with Gasteiger partial charge in [0.25, 0.3) is 5.56 Å². The number of rotatable bonds is 1. The largest absolute Gasteiger partial charge is 0.494 e. The van der Waals surface area contributed by atoms with Crippen molar-refractivity contribution in [3.63, 3.8) is 0 Å². The second-order valence-electron chi connectivity index (χ2n) is 3.12. The Morgan fingerprint density at radius 2 is 2.13 bits per heavy atom. The number of nitrogens with one attached hydrogen (secondary N) is 1. The highest BCUT2D eigenvalue weighted by atomic mass is 31.0. The zero-order valence-electron chi connectivity index (χ0n) is 7.77. The minimum Gasteiger partial charge on any atom is -0.494 e. The Hall–Kier alpha value is -1.58. The maximum atomic E-state index is 11.4. The number of nitrogens with zero attached hydrogens (tertiary/aromatic N) is 1. The summed E-state index contributed by atoms with van der Waals surface area (Å²) in [6.45, 7) is 0. The molecule has 0 spiro atoms. The van der Waals surface area contributed by atoms with Crippen LogP contribution in [0.2, 0.25) is 0 Å². The van der Waals surface area contributed by atoms with Crippen molar-refractivity contribution in [2.24, 2.45) is 5.84 Å². The van der Waals surface area contributed by atoms with Crippen molar-refractivity contribution in [3.8, 4) is 5.88 Å². The van der Waals surface area contributed by atoms with Crippen LogP contribution in [0.3, 0.4) is 0 Å². The molecule has 78 valence electrons. The third-order valence-corrected chi connectivity index (χ3v) is 2.70. The first kappa shape index (κ1) is 9.96. The molecule has 15 heavy (non-hydrogen) atoms. The van der Waals surface area contributed by atoms with E-state index in [2.05, 4.69) is 14.8 Å². The van der Waals surface area contributed by atoms with E-state index in [1.165, 1.54) is 6.07 Å². The highest BCUT2D eigenvalue weighted by Crippen LogP contribution is 2.25. The maximum absolute atomic E-state index is 11.4. The summed E-state index contributed by atoms with van der Waals surface area (Å²) in [4.78, 5) is 11.4. The smallest absolute Gasteiger partial charge is 0.256 e. The van der Waals surface area contributed by atoms with Gasteiger partial charge in [0, 0.05) is 17.1 Å². The lowest BCUT2D eigenvalue weighted by atomic mass is 10.1. The van der Waals surface area contributed by atoms with Gasteiger partial charge < -0.3 is 10.5 Å². The lowest BCUT2D eigenvalue weighted by Gasteiger charge is -2.07. The Morgan fingerprint density at radius 3 is 2.80 bits per heavy atom. The van der Waals surface area contributed by atoms with E-state index >= 15 is 0 Å². The van der Waals surface area contributed by atoms with Gasteiger partial charge in [-0.1, -0.05) is 0 Å². The highest BCUT2D eigenvalue weighted by Gasteiger charge is 2.05. The SMILES string of the molecule is NNc1ccc2c(O)n(P)c(=O)cc2c1. The number of nitrogens with two attached hydrogens (primary N) is 1. The molecule has 1 unspecified atom stereocenters. The molecule has 2 rings (SSSR count). The van der Waals surface area contributed by atoms with Gasteiger partial charge >= 0.3 is 0 Å². The Balaban J connectivity index is 2.86. The van der Waals surface area contributed by atoms with Gasteiger partial charge in [-0.05, 0) is 33.0 Å². The molecule has 0 saturated heterocycles. The topological polar surface area (TPSA) is 80.3 Å². The zero-order chi connectivity index (χ0) is 11.0. The standard InChI is InChI=1S/C9H10N3O2P/c10-11-6-1-2-7-5(3-6)4-8(13)12(15)9(7)14/h1-4,11,14H,10,15H2. The van der Waals surface area contributed by atoms with Gasteiger partial charge in [0.1, 0.15) is 0 Å². The van der Waals surface area contributed by atoms with Crippen molar-refractivity contribution in [3.05, 3.63) is 34.6 Å². The van der Waals surface area contributed by atoms with Gasteiger partial charge in [0.15, 0.2) is 0 Å². The Labute approximate surface area is 87.7 Å². The number of nitrogen functional groups attached to an aromatic ring is 1. The maximum Gasteiger partial charge on any atom is 0.256 e. The monoisotopic (exact) mass is 223 g/mol. The fourth-order valence-corrected chi connectivity index (χ4v) is 1.63. The lowest BCUT2D eigenvalue weighted by molar-refractivity contribution is 0.452. The number of benzene rings is 1. The number of fused-ring (bicyclic) bond motifs is 1. The molecule has 0 aliphatic rings. The van der Waals surface area contributed by atoms with E-state index in [1.807, 2.05) is 0 Å². The van der Waals surface area contributed by atoms with Crippen LogP contribution in [0.25, 0.3) is 10.8 Å². The van der Waals surface area contributed by atoms with Crippen LogP contribution in [-0.2, 0) is 0 Å². The number of aromatic hydroxyl groups is 1. The molecule has 0 radical (unpaired) electrons. The van der Waals surface area contributed by atoms with Gasteiger partial charge in [-0.25, -0.2) is 0 Å². The number of anilines is 1. The van der Waals surface area contributed by atoms with Gasteiger partial charge in [-0.3, -0.25) is 15.0 Å². The van der Waals surface area contributed by atoms with Crippen LogP contribution >= 0.6 is 9.39 Å². The quantitative estimate of drug-likeness (QED) is 0.376. The van der Waals surface area contributed by atoms with Crippen LogP contribution in [0, 0.1) is 0 Å². The van der Waals surface area contributed by atoms with Gasteiger partial charge in [-0.15, -0.1) is 0 Å². The van der Waals surface area contributed by atoms with E-state index < -0.39 is 0 Å². The van der Waals surface area contributed by atoms with Crippen molar-refractivity contribution in [2.45, 2.75) is 0 Å². The lowest BCUT2D eigenvalue weighted by Crippen LogP contribution is -2.11. The molecular weight excluding hydrogens is 213 g/mol. The predicted octanol–water partition coefficient (Wildman–Crippen LogP) is 0.631. The van der Waals surface area contributed by atoms with E-state index in [0.717, 1.165) is 4.34 Å². The molecule has 1 aromatic heterocycles. The van der Waals surface area contributed by atoms with Crippen molar-refractivity contribution < 1.29 is 5.11 Å². The Kier molecular flexibility index (Phi) is 2.34. The molecule has 0 fully saturated rings. The number of hydrogen-bond donors (Lipinski definition) is 3. The molecule has 1 atom stereocenters. The second kappa shape index (κ2) is 3.53. The minimum atomic E-state index is -0.292. The van der Waals surface area contributed by atoms with Crippen molar-refractivity contribution >= 4 is 25.9 Å².